The molecule has 0 bridgehead atoms. The molecule has 2 aromatic heterocycles. The number of nitrogens with zero attached hydrogens (tertiary/aromatic N) is 5. The zero-order chi connectivity index (χ0) is 18.9. The van der Waals surface area contributed by atoms with Crippen LogP contribution in [-0.4, -0.2) is 30.5 Å². The van der Waals surface area contributed by atoms with Crippen molar-refractivity contribution in [3.63, 3.8) is 0 Å². The van der Waals surface area contributed by atoms with Crippen LogP contribution in [0.5, 0.6) is 0 Å². The Bertz CT molecular complexity index is 986. The predicted octanol–water partition coefficient (Wildman–Crippen LogP) is 3.00. The van der Waals surface area contributed by atoms with Crippen LogP contribution in [0.1, 0.15) is 65.9 Å². The van der Waals surface area contributed by atoms with Crippen molar-refractivity contribution in [2.45, 2.75) is 57.5 Å². The molecule has 0 saturated heterocycles. The molecule has 7 nitrogen and oxygen atoms in total. The minimum Gasteiger partial charge on any atom is -0.343 e. The molecule has 1 amide bonds. The summed E-state index contributed by atoms with van der Waals surface area (Å²) in [6.07, 6.45) is 6.78. The van der Waals surface area contributed by atoms with Crippen molar-refractivity contribution in [1.82, 2.24) is 29.9 Å². The zero-order valence-corrected chi connectivity index (χ0v) is 15.8. The van der Waals surface area contributed by atoms with Crippen molar-refractivity contribution >= 4 is 5.91 Å². The number of aromatic nitrogens is 5. The van der Waals surface area contributed by atoms with Gasteiger partial charge in [-0.05, 0) is 43.9 Å². The number of carbonyl (C=O) groups excluding carboxylic acids is 1. The van der Waals surface area contributed by atoms with Crippen molar-refractivity contribution in [3.05, 3.63) is 59.4 Å². The standard InChI is InChI=1S/C21H24N6O/c28-21(22-14-20-24-23-19-9-5-2-6-12-26(19)20)18-13-17(15-10-11-15)25-27(18)16-7-3-1-4-8-16/h1,3-4,7-8,13,15H,2,5-6,9-12,14H2,(H,22,28). The fourth-order valence-electron chi connectivity index (χ4n) is 3.83. The first-order valence-electron chi connectivity index (χ1n) is 10.1. The molecular weight excluding hydrogens is 352 g/mol. The second-order valence-electron chi connectivity index (χ2n) is 7.65. The van der Waals surface area contributed by atoms with Crippen molar-refractivity contribution in [2.75, 3.05) is 0 Å². The summed E-state index contributed by atoms with van der Waals surface area (Å²) < 4.78 is 3.92. The van der Waals surface area contributed by atoms with E-state index in [1.807, 2.05) is 36.4 Å². The fraction of sp³-hybridized carbons (Fsp3) is 0.429. The van der Waals surface area contributed by atoms with E-state index < -0.39 is 0 Å². The van der Waals surface area contributed by atoms with Gasteiger partial charge in [-0.1, -0.05) is 24.6 Å². The van der Waals surface area contributed by atoms with Crippen molar-refractivity contribution in [3.8, 4) is 5.69 Å². The number of fused-ring (bicyclic) bond motifs is 1. The van der Waals surface area contributed by atoms with Gasteiger partial charge in [-0.3, -0.25) is 4.79 Å². The maximum atomic E-state index is 13.0. The van der Waals surface area contributed by atoms with Crippen LogP contribution in [0.15, 0.2) is 36.4 Å². The molecule has 28 heavy (non-hydrogen) atoms. The third-order valence-corrected chi connectivity index (χ3v) is 5.55. The van der Waals surface area contributed by atoms with Gasteiger partial charge in [0.1, 0.15) is 11.5 Å². The van der Waals surface area contributed by atoms with Crippen LogP contribution in [-0.2, 0) is 19.5 Å². The average molecular weight is 376 g/mol. The van der Waals surface area contributed by atoms with E-state index in [9.17, 15) is 4.79 Å². The van der Waals surface area contributed by atoms with E-state index in [0.29, 0.717) is 18.2 Å². The molecule has 0 unspecified atom stereocenters. The number of carbonyl (C=O) groups is 1. The molecule has 0 spiro atoms. The second-order valence-corrected chi connectivity index (χ2v) is 7.65. The highest BCUT2D eigenvalue weighted by Crippen LogP contribution is 2.39. The third kappa shape index (κ3) is 3.32. The molecule has 7 heteroatoms. The molecule has 1 aliphatic heterocycles. The predicted molar refractivity (Wildman–Crippen MR) is 104 cm³/mol. The topological polar surface area (TPSA) is 77.6 Å². The number of hydrogen-bond acceptors (Lipinski definition) is 4. The van der Waals surface area contributed by atoms with Gasteiger partial charge in [0, 0.05) is 18.9 Å². The first-order chi connectivity index (χ1) is 13.8. The summed E-state index contributed by atoms with van der Waals surface area (Å²) in [5.41, 5.74) is 2.48. The Hall–Kier alpha value is -2.96. The first-order valence-corrected chi connectivity index (χ1v) is 10.1. The van der Waals surface area contributed by atoms with E-state index in [2.05, 4.69) is 20.1 Å². The van der Waals surface area contributed by atoms with Crippen molar-refractivity contribution in [2.24, 2.45) is 0 Å². The lowest BCUT2D eigenvalue weighted by atomic mass is 10.2. The lowest BCUT2D eigenvalue weighted by Crippen LogP contribution is -2.27. The van der Waals surface area contributed by atoms with E-state index in [4.69, 9.17) is 5.10 Å². The number of nitrogens with one attached hydrogen (secondary N) is 1. The summed E-state index contributed by atoms with van der Waals surface area (Å²) in [4.78, 5) is 13.0. The lowest BCUT2D eigenvalue weighted by molar-refractivity contribution is 0.0941. The molecule has 0 atom stereocenters. The molecule has 1 aromatic carbocycles. The smallest absolute Gasteiger partial charge is 0.270 e. The summed E-state index contributed by atoms with van der Waals surface area (Å²) in [6.45, 7) is 1.31. The number of aryl methyl sites for hydroxylation is 1. The molecule has 0 radical (unpaired) electrons. The van der Waals surface area contributed by atoms with Crippen LogP contribution in [0.25, 0.3) is 5.69 Å². The zero-order valence-electron chi connectivity index (χ0n) is 15.8. The van der Waals surface area contributed by atoms with E-state index in [1.54, 1.807) is 4.68 Å². The van der Waals surface area contributed by atoms with E-state index in [1.165, 1.54) is 6.42 Å². The molecule has 1 saturated carbocycles. The van der Waals surface area contributed by atoms with E-state index in [-0.39, 0.29) is 5.91 Å². The SMILES string of the molecule is O=C(NCc1nnc2n1CCCCC2)c1cc(C2CC2)nn1-c1ccccc1. The minimum absolute atomic E-state index is 0.130. The summed E-state index contributed by atoms with van der Waals surface area (Å²) in [7, 11) is 0. The van der Waals surface area contributed by atoms with Gasteiger partial charge >= 0.3 is 0 Å². The van der Waals surface area contributed by atoms with Crippen LogP contribution in [0.4, 0.5) is 0 Å². The Labute approximate surface area is 163 Å². The molecule has 1 N–H and O–H groups in total. The van der Waals surface area contributed by atoms with Gasteiger partial charge in [-0.15, -0.1) is 10.2 Å². The fourth-order valence-corrected chi connectivity index (χ4v) is 3.83. The highest BCUT2D eigenvalue weighted by atomic mass is 16.2. The van der Waals surface area contributed by atoms with E-state index in [0.717, 1.165) is 61.7 Å². The molecule has 1 aliphatic carbocycles. The van der Waals surface area contributed by atoms with Crippen LogP contribution in [0.3, 0.4) is 0 Å². The van der Waals surface area contributed by atoms with Crippen LogP contribution < -0.4 is 5.32 Å². The van der Waals surface area contributed by atoms with Crippen LogP contribution >= 0.6 is 0 Å². The summed E-state index contributed by atoms with van der Waals surface area (Å²) in [6, 6.07) is 11.8. The van der Waals surface area contributed by atoms with Crippen molar-refractivity contribution < 1.29 is 4.79 Å². The van der Waals surface area contributed by atoms with Crippen LogP contribution in [0, 0.1) is 0 Å². The maximum absolute atomic E-state index is 13.0. The minimum atomic E-state index is -0.130. The Morgan fingerprint density at radius 3 is 2.79 bits per heavy atom. The Balaban J connectivity index is 1.38. The van der Waals surface area contributed by atoms with Gasteiger partial charge < -0.3 is 9.88 Å². The summed E-state index contributed by atoms with van der Waals surface area (Å²) in [5, 5.41) is 16.4. The van der Waals surface area contributed by atoms with Gasteiger partial charge in [0.05, 0.1) is 17.9 Å². The van der Waals surface area contributed by atoms with Gasteiger partial charge in [0.25, 0.3) is 5.91 Å². The summed E-state index contributed by atoms with van der Waals surface area (Å²) >= 11 is 0. The quantitative estimate of drug-likeness (QED) is 0.743. The molecule has 144 valence electrons. The van der Waals surface area contributed by atoms with Gasteiger partial charge in [-0.2, -0.15) is 5.10 Å². The lowest BCUT2D eigenvalue weighted by Gasteiger charge is -2.10. The van der Waals surface area contributed by atoms with Gasteiger partial charge in [0.15, 0.2) is 5.82 Å². The highest BCUT2D eigenvalue weighted by Gasteiger charge is 2.29. The van der Waals surface area contributed by atoms with Crippen LogP contribution in [0.2, 0.25) is 0 Å². The Morgan fingerprint density at radius 1 is 1.11 bits per heavy atom. The average Bonchev–Trinajstić information content (AvgIpc) is 3.44. The molecule has 3 aromatic rings. The van der Waals surface area contributed by atoms with Crippen molar-refractivity contribution in [1.29, 1.82) is 0 Å². The number of amides is 1. The Kier molecular flexibility index (Phi) is 4.43. The molecule has 2 aliphatic rings. The number of hydrogen-bond donors (Lipinski definition) is 1. The maximum Gasteiger partial charge on any atom is 0.270 e. The molecule has 3 heterocycles. The normalized spacial score (nSPS) is 16.4. The second kappa shape index (κ2) is 7.22. The number of rotatable bonds is 5. The molecular formula is C21H24N6O. The first kappa shape index (κ1) is 17.2. The monoisotopic (exact) mass is 376 g/mol. The summed E-state index contributed by atoms with van der Waals surface area (Å²) in [5.74, 6) is 2.23. The van der Waals surface area contributed by atoms with Gasteiger partial charge in [0.2, 0.25) is 0 Å². The molecule has 1 fully saturated rings. The van der Waals surface area contributed by atoms with E-state index >= 15 is 0 Å². The third-order valence-electron chi connectivity index (χ3n) is 5.55. The molecule has 5 rings (SSSR count). The highest BCUT2D eigenvalue weighted by molar-refractivity contribution is 5.93. The van der Waals surface area contributed by atoms with Gasteiger partial charge in [-0.25, -0.2) is 4.68 Å². The Morgan fingerprint density at radius 2 is 1.96 bits per heavy atom. The largest absolute Gasteiger partial charge is 0.343 e. The number of para-hydroxylation sites is 1. The number of benzene rings is 1.